The van der Waals surface area contributed by atoms with Gasteiger partial charge in [-0.1, -0.05) is 74.8 Å². The largest absolute Gasteiger partial charge is 0.346 e. The lowest BCUT2D eigenvalue weighted by Crippen LogP contribution is -2.62. The van der Waals surface area contributed by atoms with Crippen molar-refractivity contribution >= 4 is 39.6 Å². The van der Waals surface area contributed by atoms with Gasteiger partial charge in [-0.2, -0.15) is 0 Å². The average molecular weight is 709 g/mol. The molecule has 0 aromatic rings. The first-order chi connectivity index (χ1) is 22.5. The van der Waals surface area contributed by atoms with E-state index in [2.05, 4.69) is 27.8 Å². The average Bonchev–Trinajstić information content (AvgIpc) is 3.86. The number of fused-ring (bicyclic) bond motifs is 1. The Morgan fingerprint density at radius 1 is 1.02 bits per heavy atom. The molecule has 1 saturated heterocycles. The third-order valence-corrected chi connectivity index (χ3v) is 12.4. The molecule has 0 bridgehead atoms. The van der Waals surface area contributed by atoms with Gasteiger partial charge in [-0.15, -0.1) is 6.58 Å². The van der Waals surface area contributed by atoms with Crippen LogP contribution in [0.15, 0.2) is 12.7 Å². The fourth-order valence-electron chi connectivity index (χ4n) is 7.15. The fourth-order valence-corrected chi connectivity index (χ4v) is 8.77. The summed E-state index contributed by atoms with van der Waals surface area (Å²) in [4.78, 5) is 68.9. The first kappa shape index (κ1) is 40.4. The number of carbonyl (C=O) groups excluding carboxylic acids is 5. The van der Waals surface area contributed by atoms with E-state index >= 15 is 0 Å². The van der Waals surface area contributed by atoms with E-state index in [1.54, 1.807) is 0 Å². The van der Waals surface area contributed by atoms with Crippen LogP contribution < -0.4 is 21.3 Å². The number of likely N-dealkylation sites (N-methyl/N-ethyl adjacent to an activating group) is 1. The molecular formula is C35H60N6O7S. The van der Waals surface area contributed by atoms with Gasteiger partial charge in [0.1, 0.15) is 12.1 Å². The van der Waals surface area contributed by atoms with Gasteiger partial charge < -0.3 is 26.2 Å². The molecule has 14 heteroatoms. The highest BCUT2D eigenvalue weighted by molar-refractivity contribution is 7.90. The standard InChI is InChI=1S/C35H60N6O7S/c1-12-14-24(27(42)30(44)36-17-13-2)38-29(43)26-25-23(35(25,9)10)20-41(26)31(45)28(34(6,7)8)39-32(46)37-21(18-33(3,4)5)19-40(11)49(47,48)22-15-16-22/h13,21-26,28H,2,12,14-20H2,1,3-11H3,(H,36,44)(H,38,43)(H2,37,39,46)/t21-,23-,24?,25-,26-,28+/m0/s1. The minimum Gasteiger partial charge on any atom is -0.346 e. The summed E-state index contributed by atoms with van der Waals surface area (Å²) in [6, 6.07) is -4.09. The number of hydrogen-bond acceptors (Lipinski definition) is 7. The van der Waals surface area contributed by atoms with Gasteiger partial charge in [0.2, 0.25) is 27.6 Å². The van der Waals surface area contributed by atoms with Crippen molar-refractivity contribution in [3.63, 3.8) is 0 Å². The zero-order valence-electron chi connectivity index (χ0n) is 31.1. The number of sulfonamides is 1. The van der Waals surface area contributed by atoms with E-state index in [1.165, 1.54) is 22.3 Å². The lowest BCUT2D eigenvalue weighted by atomic mass is 9.85. The molecule has 5 amide bonds. The lowest BCUT2D eigenvalue weighted by Gasteiger charge is -2.38. The molecule has 6 atom stereocenters. The number of carbonyl (C=O) groups is 5. The molecule has 4 N–H and O–H groups in total. The molecule has 0 aromatic carbocycles. The normalized spacial score (nSPS) is 23.5. The van der Waals surface area contributed by atoms with Crippen LogP contribution in [0.2, 0.25) is 0 Å². The molecule has 0 radical (unpaired) electrons. The first-order valence-corrected chi connectivity index (χ1v) is 19.0. The lowest BCUT2D eigenvalue weighted by molar-refractivity contribution is -0.145. The number of ketones is 1. The molecule has 0 spiro atoms. The second-order valence-corrected chi connectivity index (χ2v) is 19.3. The van der Waals surface area contributed by atoms with E-state index in [9.17, 15) is 32.4 Å². The van der Waals surface area contributed by atoms with Crippen molar-refractivity contribution in [1.82, 2.24) is 30.5 Å². The molecule has 1 unspecified atom stereocenters. The highest BCUT2D eigenvalue weighted by Crippen LogP contribution is 2.65. The van der Waals surface area contributed by atoms with Crippen LogP contribution in [0.25, 0.3) is 0 Å². The van der Waals surface area contributed by atoms with Crippen molar-refractivity contribution in [3.05, 3.63) is 12.7 Å². The summed E-state index contributed by atoms with van der Waals surface area (Å²) in [7, 11) is -1.93. The summed E-state index contributed by atoms with van der Waals surface area (Å²) in [5.41, 5.74) is -1.19. The van der Waals surface area contributed by atoms with E-state index in [1.807, 2.05) is 62.3 Å². The SMILES string of the molecule is C=CCNC(=O)C(=O)C(CCC)NC(=O)[C@@H]1[C@@H]2[C@H](CN1C(=O)[C@@H](NC(=O)N[C@H](CN(C)S(=O)(=O)C1CC1)CC(C)(C)C)C(C)(C)C)C2(C)C. The Kier molecular flexibility index (Phi) is 12.4. The summed E-state index contributed by atoms with van der Waals surface area (Å²) in [5, 5.41) is 10.7. The zero-order chi connectivity index (χ0) is 37.3. The highest BCUT2D eigenvalue weighted by atomic mass is 32.2. The van der Waals surface area contributed by atoms with Gasteiger partial charge in [-0.25, -0.2) is 17.5 Å². The monoisotopic (exact) mass is 708 g/mol. The van der Waals surface area contributed by atoms with Gasteiger partial charge in [0.15, 0.2) is 0 Å². The molecule has 3 rings (SSSR count). The molecule has 3 aliphatic rings. The number of Topliss-reactive ketones (excluding diaryl/α,β-unsaturated/α-hetero) is 1. The Balaban J connectivity index is 1.81. The predicted octanol–water partition coefficient (Wildman–Crippen LogP) is 2.57. The van der Waals surface area contributed by atoms with Crippen molar-refractivity contribution < 1.29 is 32.4 Å². The summed E-state index contributed by atoms with van der Waals surface area (Å²) in [6.45, 7) is 21.5. The number of hydrogen-bond donors (Lipinski definition) is 4. The van der Waals surface area contributed by atoms with Crippen LogP contribution >= 0.6 is 0 Å². The van der Waals surface area contributed by atoms with Gasteiger partial charge in [-0.05, 0) is 53.8 Å². The van der Waals surface area contributed by atoms with Crippen LogP contribution in [0.4, 0.5) is 4.79 Å². The molecule has 2 aliphatic carbocycles. The number of nitrogens with one attached hydrogen (secondary N) is 4. The molecule has 49 heavy (non-hydrogen) atoms. The zero-order valence-corrected chi connectivity index (χ0v) is 32.0. The quantitative estimate of drug-likeness (QED) is 0.141. The second-order valence-electron chi connectivity index (χ2n) is 17.0. The van der Waals surface area contributed by atoms with E-state index in [-0.39, 0.29) is 47.4 Å². The number of likely N-dealkylation sites (tertiary alicyclic amines) is 1. The van der Waals surface area contributed by atoms with Gasteiger partial charge >= 0.3 is 6.03 Å². The van der Waals surface area contributed by atoms with Crippen molar-refractivity contribution in [2.45, 2.75) is 124 Å². The van der Waals surface area contributed by atoms with Crippen molar-refractivity contribution in [3.8, 4) is 0 Å². The van der Waals surface area contributed by atoms with E-state index in [4.69, 9.17) is 0 Å². The van der Waals surface area contributed by atoms with Crippen molar-refractivity contribution in [1.29, 1.82) is 0 Å². The second kappa shape index (κ2) is 15.1. The van der Waals surface area contributed by atoms with Crippen LogP contribution in [0.5, 0.6) is 0 Å². The topological polar surface area (TPSA) is 174 Å². The van der Waals surface area contributed by atoms with Gasteiger partial charge in [0.25, 0.3) is 5.91 Å². The van der Waals surface area contributed by atoms with E-state index in [0.29, 0.717) is 32.2 Å². The predicted molar refractivity (Wildman–Crippen MR) is 189 cm³/mol. The number of piperidine rings is 1. The molecule has 2 saturated carbocycles. The Labute approximate surface area is 293 Å². The molecular weight excluding hydrogens is 648 g/mol. The maximum atomic E-state index is 14.4. The molecule has 1 heterocycles. The summed E-state index contributed by atoms with van der Waals surface area (Å²) >= 11 is 0. The van der Waals surface area contributed by atoms with Gasteiger partial charge in [-0.3, -0.25) is 19.2 Å². The molecule has 3 fully saturated rings. The number of amides is 5. The number of urea groups is 1. The molecule has 1 aliphatic heterocycles. The fraction of sp³-hybridized carbons (Fsp3) is 0.800. The van der Waals surface area contributed by atoms with E-state index in [0.717, 1.165) is 0 Å². The maximum Gasteiger partial charge on any atom is 0.315 e. The summed E-state index contributed by atoms with van der Waals surface area (Å²) < 4.78 is 27.1. The minimum absolute atomic E-state index is 0.0537. The van der Waals surface area contributed by atoms with Crippen molar-refractivity contribution in [2.75, 3.05) is 26.7 Å². The number of nitrogens with zero attached hydrogens (tertiary/aromatic N) is 2. The first-order valence-electron chi connectivity index (χ1n) is 17.5. The molecule has 278 valence electrons. The molecule has 13 nitrogen and oxygen atoms in total. The minimum atomic E-state index is -3.46. The van der Waals surface area contributed by atoms with Crippen LogP contribution in [-0.4, -0.2) is 103 Å². The summed E-state index contributed by atoms with van der Waals surface area (Å²) in [5.74, 6) is -2.60. The Bertz CT molecular complexity index is 1400. The van der Waals surface area contributed by atoms with Crippen LogP contribution in [-0.2, 0) is 29.2 Å². The third kappa shape index (κ3) is 9.83. The number of rotatable bonds is 16. The maximum absolute atomic E-state index is 14.4. The smallest absolute Gasteiger partial charge is 0.315 e. The third-order valence-electron chi connectivity index (χ3n) is 10.0. The van der Waals surface area contributed by atoms with Crippen LogP contribution in [0.3, 0.4) is 0 Å². The highest BCUT2D eigenvalue weighted by Gasteiger charge is 2.70. The Hall–Kier alpha value is -3.00. The van der Waals surface area contributed by atoms with Gasteiger partial charge in [0.05, 0.1) is 11.3 Å². The Morgan fingerprint density at radius 2 is 1.63 bits per heavy atom. The summed E-state index contributed by atoms with van der Waals surface area (Å²) in [6.07, 6.45) is 4.01. The van der Waals surface area contributed by atoms with Crippen molar-refractivity contribution in [2.24, 2.45) is 28.1 Å². The Morgan fingerprint density at radius 3 is 2.14 bits per heavy atom. The van der Waals surface area contributed by atoms with Crippen LogP contribution in [0.1, 0.15) is 94.4 Å². The molecule has 0 aromatic heterocycles. The van der Waals surface area contributed by atoms with E-state index < -0.39 is 69.1 Å². The van der Waals surface area contributed by atoms with Crippen LogP contribution in [0, 0.1) is 28.1 Å². The van der Waals surface area contributed by atoms with Gasteiger partial charge in [0, 0.05) is 32.7 Å².